The van der Waals surface area contributed by atoms with Crippen LogP contribution in [0.1, 0.15) is 0 Å². The molecule has 0 aliphatic heterocycles. The van der Waals surface area contributed by atoms with E-state index in [1.807, 2.05) is 12.1 Å². The van der Waals surface area contributed by atoms with Crippen molar-refractivity contribution in [3.63, 3.8) is 0 Å². The molecule has 3 heterocycles. The summed E-state index contributed by atoms with van der Waals surface area (Å²) in [6, 6.07) is 112. The van der Waals surface area contributed by atoms with Crippen molar-refractivity contribution in [1.82, 2.24) is 14.5 Å². The van der Waals surface area contributed by atoms with Crippen LogP contribution >= 0.6 is 0 Å². The molecule has 0 atom stereocenters. The van der Waals surface area contributed by atoms with Gasteiger partial charge < -0.3 is 4.42 Å². The Kier molecular flexibility index (Phi) is 11.8. The lowest BCUT2D eigenvalue weighted by Gasteiger charge is -2.35. The van der Waals surface area contributed by atoms with Crippen molar-refractivity contribution in [2.75, 3.05) is 0 Å². The predicted octanol–water partition coefficient (Wildman–Crippen LogP) is 16.9. The molecule has 12 aromatic carbocycles. The van der Waals surface area contributed by atoms with E-state index in [2.05, 4.69) is 302 Å². The summed E-state index contributed by atoms with van der Waals surface area (Å²) in [6.07, 6.45) is 0. The van der Waals surface area contributed by atoms with Gasteiger partial charge in [-0.3, -0.25) is 4.57 Å². The van der Waals surface area contributed by atoms with Crippen molar-refractivity contribution in [2.24, 2.45) is 0 Å². The number of benzene rings is 12. The van der Waals surface area contributed by atoms with Gasteiger partial charge in [0.1, 0.15) is 11.2 Å². The number of hydrogen-bond donors (Lipinski definition) is 0. The minimum absolute atomic E-state index is 0.574. The Labute approximate surface area is 471 Å². The lowest BCUT2D eigenvalue weighted by atomic mass is 10.0. The topological polar surface area (TPSA) is 43.9 Å². The smallest absolute Gasteiger partial charge is 0.235 e. The zero-order valence-corrected chi connectivity index (χ0v) is 45.2. The maximum Gasteiger partial charge on any atom is 0.235 e. The number of fused-ring (bicyclic) bond motifs is 6. The van der Waals surface area contributed by atoms with Gasteiger partial charge in [-0.2, -0.15) is 0 Å². The second-order valence-corrected chi connectivity index (χ2v) is 24.7. The van der Waals surface area contributed by atoms with Gasteiger partial charge in [0.15, 0.2) is 8.07 Å². The molecule has 0 aliphatic rings. The van der Waals surface area contributed by atoms with Crippen LogP contribution < -0.4 is 20.7 Å². The largest absolute Gasteiger partial charge is 0.455 e. The lowest BCUT2D eigenvalue weighted by molar-refractivity contribution is 0.670. The van der Waals surface area contributed by atoms with Crippen molar-refractivity contribution in [1.29, 1.82) is 0 Å². The van der Waals surface area contributed by atoms with E-state index in [-0.39, 0.29) is 0 Å². The monoisotopic (exact) mass is 1050 g/mol. The summed E-state index contributed by atoms with van der Waals surface area (Å²) in [6.45, 7) is 0. The summed E-state index contributed by atoms with van der Waals surface area (Å²) in [5, 5.41) is 9.43. The van der Waals surface area contributed by atoms with Gasteiger partial charge in [0.05, 0.1) is 22.4 Å². The molecule has 15 rings (SSSR count). The minimum Gasteiger partial charge on any atom is -0.455 e. The lowest BCUT2D eigenvalue weighted by Crippen LogP contribution is -2.74. The van der Waals surface area contributed by atoms with Gasteiger partial charge in [0, 0.05) is 32.7 Å². The Hall–Kier alpha value is -10.5. The van der Waals surface area contributed by atoms with Crippen LogP contribution in [-0.2, 0) is 0 Å². The molecule has 0 spiro atoms. The first kappa shape index (κ1) is 47.7. The number of furan rings is 1. The maximum absolute atomic E-state index is 6.78. The average Bonchev–Trinajstić information content (AvgIpc) is 4.29. The zero-order chi connectivity index (χ0) is 53.7. The van der Waals surface area contributed by atoms with E-state index in [0.717, 1.165) is 71.8 Å². The maximum atomic E-state index is 6.78. The Balaban J connectivity index is 1.01. The molecule has 380 valence electrons. The van der Waals surface area contributed by atoms with Crippen molar-refractivity contribution in [3.8, 4) is 73.0 Å². The molecule has 0 N–H and O–H groups in total. The second kappa shape index (κ2) is 20.1. The molecule has 3 aromatic heterocycles. The normalized spacial score (nSPS) is 11.7. The van der Waals surface area contributed by atoms with E-state index in [1.54, 1.807) is 0 Å². The fourth-order valence-electron chi connectivity index (χ4n) is 12.4. The summed E-state index contributed by atoms with van der Waals surface area (Å²) >= 11 is 0. The third-order valence-electron chi connectivity index (χ3n) is 16.2. The Morgan fingerprint density at radius 3 is 1.23 bits per heavy atom. The molecule has 0 aliphatic carbocycles. The highest BCUT2D eigenvalue weighted by molar-refractivity contribution is 7.20. The van der Waals surface area contributed by atoms with Crippen molar-refractivity contribution < 1.29 is 4.42 Å². The molecule has 0 saturated carbocycles. The van der Waals surface area contributed by atoms with Gasteiger partial charge >= 0.3 is 0 Å². The van der Waals surface area contributed by atoms with Crippen molar-refractivity contribution >= 4 is 72.6 Å². The van der Waals surface area contributed by atoms with Crippen LogP contribution in [0, 0.1) is 0 Å². The summed E-state index contributed by atoms with van der Waals surface area (Å²) in [5.74, 6) is 0.574. The number of aromatic nitrogens is 3. The van der Waals surface area contributed by atoms with Crippen LogP contribution in [0.15, 0.2) is 314 Å². The van der Waals surface area contributed by atoms with Gasteiger partial charge in [-0.15, -0.1) is 0 Å². The SMILES string of the molecule is c1ccc(-c2cccc([Si](c3cccc(-c4ccccc4)c3)(c3cccc(-c4ccccc4)c3)c3cccc(-c4cc(-c5cccc6c5oc5ccccc56)nc(-n5c6ccccc6c6cc(-c7ccccc7)ccc65)n4)c3)c2)cc1. The summed E-state index contributed by atoms with van der Waals surface area (Å²) in [5.41, 5.74) is 16.5. The van der Waals surface area contributed by atoms with Gasteiger partial charge in [-0.25, -0.2) is 9.97 Å². The first-order valence-electron chi connectivity index (χ1n) is 27.6. The highest BCUT2D eigenvalue weighted by atomic mass is 28.3. The van der Waals surface area contributed by atoms with E-state index < -0.39 is 8.07 Å². The van der Waals surface area contributed by atoms with E-state index in [0.29, 0.717) is 5.95 Å². The highest BCUT2D eigenvalue weighted by Gasteiger charge is 2.42. The van der Waals surface area contributed by atoms with Crippen LogP contribution in [0.3, 0.4) is 0 Å². The predicted molar refractivity (Wildman–Crippen MR) is 340 cm³/mol. The van der Waals surface area contributed by atoms with E-state index >= 15 is 0 Å². The molecule has 0 radical (unpaired) electrons. The van der Waals surface area contributed by atoms with Crippen molar-refractivity contribution in [3.05, 3.63) is 309 Å². The van der Waals surface area contributed by atoms with Gasteiger partial charge in [0.2, 0.25) is 5.95 Å². The molecule has 5 heteroatoms. The van der Waals surface area contributed by atoms with Crippen LogP contribution in [0.25, 0.3) is 117 Å². The second-order valence-electron chi connectivity index (χ2n) is 20.8. The van der Waals surface area contributed by atoms with Crippen LogP contribution in [0.5, 0.6) is 0 Å². The molecule has 0 bridgehead atoms. The number of hydrogen-bond acceptors (Lipinski definition) is 3. The van der Waals surface area contributed by atoms with Gasteiger partial charge in [-0.1, -0.05) is 273 Å². The number of rotatable bonds is 11. The molecule has 81 heavy (non-hydrogen) atoms. The van der Waals surface area contributed by atoms with Crippen molar-refractivity contribution in [2.45, 2.75) is 0 Å². The fourth-order valence-corrected chi connectivity index (χ4v) is 17.2. The highest BCUT2D eigenvalue weighted by Crippen LogP contribution is 2.39. The third-order valence-corrected chi connectivity index (χ3v) is 20.9. The van der Waals surface area contributed by atoms with Gasteiger partial charge in [0.25, 0.3) is 0 Å². The van der Waals surface area contributed by atoms with Gasteiger partial charge in [-0.05, 0) is 102 Å². The molecule has 15 aromatic rings. The fraction of sp³-hybridized carbons (Fsp3) is 0. The molecular weight excluding hydrogens is 999 g/mol. The molecule has 4 nitrogen and oxygen atoms in total. The van der Waals surface area contributed by atoms with Crippen LogP contribution in [-0.4, -0.2) is 22.6 Å². The summed E-state index contributed by atoms with van der Waals surface area (Å²) in [7, 11) is -3.33. The summed E-state index contributed by atoms with van der Waals surface area (Å²) in [4.78, 5) is 11.3. The molecule has 0 amide bonds. The average molecular weight is 1050 g/mol. The summed E-state index contributed by atoms with van der Waals surface area (Å²) < 4.78 is 9.03. The number of para-hydroxylation sites is 3. The Morgan fingerprint density at radius 1 is 0.272 bits per heavy atom. The number of nitrogens with zero attached hydrogens (tertiary/aromatic N) is 3. The third kappa shape index (κ3) is 8.38. The Bertz CT molecular complexity index is 4620. The van der Waals surface area contributed by atoms with E-state index in [1.165, 1.54) is 59.7 Å². The minimum atomic E-state index is -3.33. The molecule has 0 saturated heterocycles. The van der Waals surface area contributed by atoms with E-state index in [4.69, 9.17) is 14.4 Å². The van der Waals surface area contributed by atoms with Crippen LogP contribution in [0.4, 0.5) is 0 Å². The quantitative estimate of drug-likeness (QED) is 0.0958. The van der Waals surface area contributed by atoms with E-state index in [9.17, 15) is 0 Å². The standard InChI is InChI=1S/C76H51N3OSi/c1-5-22-52(23-6-1)56-30-17-34-61(46-56)81(62-35-18-31-57(47-62)53-24-7-2-8-25-53,63-36-19-32-58(48-63)54-26-9-3-10-27-54)64-37-20-33-60(49-64)70-51-71(68-41-21-40-67-66-39-14-16-43-74(66)80-75(67)68)78-76(77-70)79-72-42-15-13-38-65(72)69-50-59(44-45-73(69)79)55-28-11-4-12-29-55/h1-51H. The molecule has 0 fully saturated rings. The van der Waals surface area contributed by atoms with Crippen LogP contribution in [0.2, 0.25) is 0 Å². The first-order valence-corrected chi connectivity index (χ1v) is 29.6. The first-order chi connectivity index (χ1) is 40.1. The molecular formula is C76H51N3OSi. The molecule has 0 unspecified atom stereocenters. The Morgan fingerprint density at radius 2 is 0.679 bits per heavy atom. The zero-order valence-electron chi connectivity index (χ0n) is 44.2.